The number of amides is 1. The van der Waals surface area contributed by atoms with Crippen molar-refractivity contribution >= 4 is 11.9 Å². The Bertz CT molecular complexity index is 359. The Balaban J connectivity index is 2.57. The Labute approximate surface area is 122 Å². The van der Waals surface area contributed by atoms with E-state index in [4.69, 9.17) is 0 Å². The fourth-order valence-electron chi connectivity index (χ4n) is 2.99. The van der Waals surface area contributed by atoms with E-state index in [1.54, 1.807) is 6.92 Å². The van der Waals surface area contributed by atoms with Crippen LogP contribution >= 0.6 is 0 Å². The molecule has 2 N–H and O–H groups in total. The van der Waals surface area contributed by atoms with E-state index in [2.05, 4.69) is 12.2 Å². The molecule has 0 aromatic rings. The molecule has 0 aromatic heterocycles. The zero-order valence-corrected chi connectivity index (χ0v) is 13.3. The molecule has 1 fully saturated rings. The zero-order chi connectivity index (χ0) is 15.4. The third-order valence-electron chi connectivity index (χ3n) is 5.37. The highest BCUT2D eigenvalue weighted by Crippen LogP contribution is 2.40. The van der Waals surface area contributed by atoms with E-state index in [0.29, 0.717) is 6.54 Å². The summed E-state index contributed by atoms with van der Waals surface area (Å²) in [5.74, 6) is -1.10. The van der Waals surface area contributed by atoms with Gasteiger partial charge in [0, 0.05) is 13.0 Å². The van der Waals surface area contributed by atoms with Crippen LogP contribution in [0.5, 0.6) is 0 Å². The minimum Gasteiger partial charge on any atom is -0.481 e. The normalized spacial score (nSPS) is 20.6. The van der Waals surface area contributed by atoms with Crippen LogP contribution in [0, 0.1) is 16.7 Å². The van der Waals surface area contributed by atoms with Gasteiger partial charge in [0.1, 0.15) is 0 Å². The van der Waals surface area contributed by atoms with Crippen molar-refractivity contribution in [3.05, 3.63) is 0 Å². The van der Waals surface area contributed by atoms with Crippen LogP contribution in [0.4, 0.5) is 0 Å². The summed E-state index contributed by atoms with van der Waals surface area (Å²) >= 11 is 0. The first kappa shape index (κ1) is 17.0. The second-order valence-electron chi connectivity index (χ2n) is 6.89. The standard InChI is InChI=1S/C16H29NO3/c1-5-16(8-6-7-9-16)11-17-13(18)10-15(4,12(2)3)14(19)20/h12H,5-11H2,1-4H3,(H,17,18)(H,19,20). The summed E-state index contributed by atoms with van der Waals surface area (Å²) in [5, 5.41) is 12.3. The number of carboxylic acid groups (broad SMARTS) is 1. The Kier molecular flexibility index (Phi) is 5.60. The lowest BCUT2D eigenvalue weighted by Gasteiger charge is -2.31. The number of carbonyl (C=O) groups is 2. The van der Waals surface area contributed by atoms with E-state index in [-0.39, 0.29) is 23.7 Å². The molecular weight excluding hydrogens is 254 g/mol. The van der Waals surface area contributed by atoms with Gasteiger partial charge in [0.15, 0.2) is 0 Å². The van der Waals surface area contributed by atoms with Gasteiger partial charge in [-0.2, -0.15) is 0 Å². The summed E-state index contributed by atoms with van der Waals surface area (Å²) in [7, 11) is 0. The Morgan fingerprint density at radius 3 is 2.25 bits per heavy atom. The van der Waals surface area contributed by atoms with E-state index >= 15 is 0 Å². The number of nitrogens with one attached hydrogen (secondary N) is 1. The van der Waals surface area contributed by atoms with Crippen LogP contribution in [-0.2, 0) is 9.59 Å². The largest absolute Gasteiger partial charge is 0.481 e. The maximum atomic E-state index is 12.1. The summed E-state index contributed by atoms with van der Waals surface area (Å²) in [6.07, 6.45) is 5.95. The van der Waals surface area contributed by atoms with Gasteiger partial charge in [-0.3, -0.25) is 9.59 Å². The molecule has 1 rings (SSSR count). The molecular formula is C16H29NO3. The van der Waals surface area contributed by atoms with Crippen LogP contribution in [0.15, 0.2) is 0 Å². The van der Waals surface area contributed by atoms with Crippen molar-refractivity contribution in [2.75, 3.05) is 6.54 Å². The number of rotatable bonds is 7. The highest BCUT2D eigenvalue weighted by Gasteiger charge is 2.39. The van der Waals surface area contributed by atoms with Crippen molar-refractivity contribution < 1.29 is 14.7 Å². The van der Waals surface area contributed by atoms with Crippen LogP contribution < -0.4 is 5.32 Å². The lowest BCUT2D eigenvalue weighted by Crippen LogP contribution is -2.42. The van der Waals surface area contributed by atoms with Gasteiger partial charge in [-0.25, -0.2) is 0 Å². The van der Waals surface area contributed by atoms with Crippen LogP contribution in [-0.4, -0.2) is 23.5 Å². The number of hydrogen-bond acceptors (Lipinski definition) is 2. The monoisotopic (exact) mass is 283 g/mol. The summed E-state index contributed by atoms with van der Waals surface area (Å²) in [5.41, 5.74) is -0.744. The van der Waals surface area contributed by atoms with E-state index in [1.165, 1.54) is 25.7 Å². The van der Waals surface area contributed by atoms with Crippen LogP contribution in [0.1, 0.15) is 66.2 Å². The fourth-order valence-corrected chi connectivity index (χ4v) is 2.99. The Morgan fingerprint density at radius 2 is 1.85 bits per heavy atom. The Morgan fingerprint density at radius 1 is 1.30 bits per heavy atom. The van der Waals surface area contributed by atoms with Gasteiger partial charge in [0.2, 0.25) is 5.91 Å². The second-order valence-corrected chi connectivity index (χ2v) is 6.89. The third-order valence-corrected chi connectivity index (χ3v) is 5.37. The molecule has 1 aliphatic carbocycles. The second kappa shape index (κ2) is 6.59. The summed E-state index contributed by atoms with van der Waals surface area (Å²) in [4.78, 5) is 23.5. The molecule has 4 heteroatoms. The smallest absolute Gasteiger partial charge is 0.310 e. The lowest BCUT2D eigenvalue weighted by atomic mass is 9.76. The Hall–Kier alpha value is -1.06. The third kappa shape index (κ3) is 3.74. The van der Waals surface area contributed by atoms with Crippen LogP contribution in [0.2, 0.25) is 0 Å². The van der Waals surface area contributed by atoms with Gasteiger partial charge in [-0.15, -0.1) is 0 Å². The molecule has 0 spiro atoms. The fraction of sp³-hybridized carbons (Fsp3) is 0.875. The maximum absolute atomic E-state index is 12.1. The van der Waals surface area contributed by atoms with Gasteiger partial charge < -0.3 is 10.4 Å². The highest BCUT2D eigenvalue weighted by atomic mass is 16.4. The van der Waals surface area contributed by atoms with Gasteiger partial charge in [-0.05, 0) is 37.5 Å². The molecule has 20 heavy (non-hydrogen) atoms. The topological polar surface area (TPSA) is 66.4 Å². The number of aliphatic carboxylic acids is 1. The minimum absolute atomic E-state index is 0.0554. The van der Waals surface area contributed by atoms with Crippen molar-refractivity contribution in [3.8, 4) is 0 Å². The van der Waals surface area contributed by atoms with Crippen molar-refractivity contribution in [2.24, 2.45) is 16.7 Å². The molecule has 1 amide bonds. The van der Waals surface area contributed by atoms with Gasteiger partial charge in [0.25, 0.3) is 0 Å². The summed E-state index contributed by atoms with van der Waals surface area (Å²) in [6.45, 7) is 8.23. The summed E-state index contributed by atoms with van der Waals surface area (Å²) in [6, 6.07) is 0. The molecule has 0 aliphatic heterocycles. The molecule has 0 radical (unpaired) electrons. The first-order chi connectivity index (χ1) is 9.26. The average molecular weight is 283 g/mol. The zero-order valence-electron chi connectivity index (χ0n) is 13.3. The van der Waals surface area contributed by atoms with E-state index in [1.807, 2.05) is 13.8 Å². The molecule has 1 unspecified atom stereocenters. The lowest BCUT2D eigenvalue weighted by molar-refractivity contribution is -0.153. The molecule has 0 saturated heterocycles. The van der Waals surface area contributed by atoms with Gasteiger partial charge in [-0.1, -0.05) is 33.6 Å². The van der Waals surface area contributed by atoms with E-state index < -0.39 is 11.4 Å². The van der Waals surface area contributed by atoms with Crippen molar-refractivity contribution in [1.29, 1.82) is 0 Å². The molecule has 1 aliphatic rings. The molecule has 0 bridgehead atoms. The number of carbonyl (C=O) groups excluding carboxylic acids is 1. The first-order valence-corrected chi connectivity index (χ1v) is 7.76. The quantitative estimate of drug-likeness (QED) is 0.754. The number of hydrogen-bond donors (Lipinski definition) is 2. The minimum atomic E-state index is -0.987. The molecule has 1 atom stereocenters. The molecule has 0 aromatic carbocycles. The van der Waals surface area contributed by atoms with Crippen molar-refractivity contribution in [3.63, 3.8) is 0 Å². The number of carboxylic acids is 1. The van der Waals surface area contributed by atoms with Crippen LogP contribution in [0.3, 0.4) is 0 Å². The molecule has 116 valence electrons. The SMILES string of the molecule is CCC1(CNC(=O)CC(C)(C(=O)O)C(C)C)CCCC1. The predicted octanol–water partition coefficient (Wildman–Crippen LogP) is 3.21. The van der Waals surface area contributed by atoms with Crippen molar-refractivity contribution in [2.45, 2.75) is 66.2 Å². The first-order valence-electron chi connectivity index (χ1n) is 7.76. The van der Waals surface area contributed by atoms with E-state index in [9.17, 15) is 14.7 Å². The van der Waals surface area contributed by atoms with Gasteiger partial charge >= 0.3 is 5.97 Å². The molecule has 1 saturated carbocycles. The maximum Gasteiger partial charge on any atom is 0.310 e. The van der Waals surface area contributed by atoms with E-state index in [0.717, 1.165) is 6.42 Å². The molecule has 4 nitrogen and oxygen atoms in total. The van der Waals surface area contributed by atoms with Gasteiger partial charge in [0.05, 0.1) is 5.41 Å². The van der Waals surface area contributed by atoms with Crippen molar-refractivity contribution in [1.82, 2.24) is 5.32 Å². The predicted molar refractivity (Wildman–Crippen MR) is 79.4 cm³/mol. The van der Waals surface area contributed by atoms with Crippen LogP contribution in [0.25, 0.3) is 0 Å². The summed E-state index contributed by atoms with van der Waals surface area (Å²) < 4.78 is 0. The average Bonchev–Trinajstić information content (AvgIpc) is 2.85. The molecule has 0 heterocycles. The highest BCUT2D eigenvalue weighted by molar-refractivity contribution is 5.84.